The fourth-order valence-corrected chi connectivity index (χ4v) is 2.93. The first-order valence-corrected chi connectivity index (χ1v) is 7.80. The molecule has 5 nitrogen and oxygen atoms in total. The van der Waals surface area contributed by atoms with Crippen LogP contribution in [0.2, 0.25) is 0 Å². The predicted octanol–water partition coefficient (Wildman–Crippen LogP) is 3.84. The number of aromatic nitrogens is 4. The molecule has 0 fully saturated rings. The Kier molecular flexibility index (Phi) is 3.08. The zero-order valence-electron chi connectivity index (χ0n) is 11.9. The molecular weight excluding hydrogens is 294 g/mol. The van der Waals surface area contributed by atoms with Crippen molar-refractivity contribution in [3.63, 3.8) is 0 Å². The summed E-state index contributed by atoms with van der Waals surface area (Å²) < 4.78 is 1.76. The molecule has 0 radical (unpaired) electrons. The Balaban J connectivity index is 1.87. The van der Waals surface area contributed by atoms with Crippen LogP contribution >= 0.6 is 11.3 Å². The van der Waals surface area contributed by atoms with E-state index < -0.39 is 0 Å². The maximum absolute atomic E-state index is 4.68. The van der Waals surface area contributed by atoms with Crippen molar-refractivity contribution in [3.8, 4) is 11.4 Å². The van der Waals surface area contributed by atoms with Crippen LogP contribution in [0, 0.1) is 0 Å². The number of nitrogens with zero attached hydrogens (tertiary/aromatic N) is 4. The van der Waals surface area contributed by atoms with Crippen LogP contribution in [0.5, 0.6) is 0 Å². The molecule has 22 heavy (non-hydrogen) atoms. The van der Waals surface area contributed by atoms with Crippen molar-refractivity contribution in [2.45, 2.75) is 0 Å². The minimum atomic E-state index is 0.721. The van der Waals surface area contributed by atoms with Crippen molar-refractivity contribution in [2.24, 2.45) is 7.05 Å². The summed E-state index contributed by atoms with van der Waals surface area (Å²) in [5.74, 6) is 2.26. The van der Waals surface area contributed by atoms with E-state index in [0.29, 0.717) is 0 Å². The van der Waals surface area contributed by atoms with Gasteiger partial charge in [-0.3, -0.25) is 4.68 Å². The second kappa shape index (κ2) is 5.23. The lowest BCUT2D eigenvalue weighted by molar-refractivity contribution is 0.771. The van der Waals surface area contributed by atoms with E-state index in [-0.39, 0.29) is 0 Å². The van der Waals surface area contributed by atoms with Crippen LogP contribution in [0.25, 0.3) is 22.3 Å². The molecule has 0 saturated carbocycles. The van der Waals surface area contributed by atoms with Gasteiger partial charge in [-0.2, -0.15) is 16.4 Å². The molecule has 0 saturated heterocycles. The van der Waals surface area contributed by atoms with E-state index in [1.54, 1.807) is 16.0 Å². The minimum Gasteiger partial charge on any atom is -0.323 e. The fourth-order valence-electron chi connectivity index (χ4n) is 2.30. The van der Waals surface area contributed by atoms with Gasteiger partial charge >= 0.3 is 0 Å². The zero-order chi connectivity index (χ0) is 14.9. The molecule has 6 heteroatoms. The van der Waals surface area contributed by atoms with Crippen molar-refractivity contribution < 1.29 is 0 Å². The average Bonchev–Trinajstić information content (AvgIpc) is 3.19. The van der Waals surface area contributed by atoms with Crippen molar-refractivity contribution in [2.75, 3.05) is 5.32 Å². The molecule has 0 atom stereocenters. The Bertz CT molecular complexity index is 927. The number of rotatable bonds is 3. The average molecular weight is 307 g/mol. The van der Waals surface area contributed by atoms with Gasteiger partial charge in [-0.05, 0) is 23.6 Å². The van der Waals surface area contributed by atoms with E-state index in [2.05, 4.69) is 25.8 Å². The summed E-state index contributed by atoms with van der Waals surface area (Å²) in [4.78, 5) is 9.34. The van der Waals surface area contributed by atoms with E-state index in [1.165, 1.54) is 0 Å². The van der Waals surface area contributed by atoms with Crippen LogP contribution in [-0.4, -0.2) is 19.7 Å². The molecule has 4 aromatic rings. The number of hydrogen-bond donors (Lipinski definition) is 1. The molecule has 1 aromatic carbocycles. The number of nitrogens with one attached hydrogen (secondary N) is 1. The molecule has 1 N–H and O–H groups in total. The summed E-state index contributed by atoms with van der Waals surface area (Å²) in [7, 11) is 1.89. The first kappa shape index (κ1) is 13.0. The van der Waals surface area contributed by atoms with Gasteiger partial charge in [0.2, 0.25) is 0 Å². The van der Waals surface area contributed by atoms with Gasteiger partial charge in [0.25, 0.3) is 0 Å². The third-order valence-corrected chi connectivity index (χ3v) is 4.03. The normalized spacial score (nSPS) is 11.0. The van der Waals surface area contributed by atoms with E-state index >= 15 is 0 Å². The smallest absolute Gasteiger partial charge is 0.163 e. The zero-order valence-corrected chi connectivity index (χ0v) is 12.7. The van der Waals surface area contributed by atoms with Crippen LogP contribution in [0.15, 0.2) is 53.4 Å². The molecule has 3 aromatic heterocycles. The highest BCUT2D eigenvalue weighted by Crippen LogP contribution is 2.27. The second-order valence-corrected chi connectivity index (χ2v) is 5.70. The molecule has 0 bridgehead atoms. The summed E-state index contributed by atoms with van der Waals surface area (Å²) in [6.45, 7) is 0. The summed E-state index contributed by atoms with van der Waals surface area (Å²) in [6.07, 6.45) is 1.89. The summed E-state index contributed by atoms with van der Waals surface area (Å²) in [5, 5.41) is 12.7. The standard InChI is InChI=1S/C16H13N5S/c1-21-8-6-14(20-21)18-16-12-4-2-3-5-13(12)17-15(19-16)11-7-9-22-10-11/h2-10H,1H3,(H,17,18,19,20). The predicted molar refractivity (Wildman–Crippen MR) is 89.3 cm³/mol. The highest BCUT2D eigenvalue weighted by atomic mass is 32.1. The number of anilines is 2. The van der Waals surface area contributed by atoms with Crippen molar-refractivity contribution in [1.29, 1.82) is 0 Å². The lowest BCUT2D eigenvalue weighted by Gasteiger charge is -2.08. The molecular formula is C16H13N5S. The summed E-state index contributed by atoms with van der Waals surface area (Å²) >= 11 is 1.64. The maximum atomic E-state index is 4.68. The van der Waals surface area contributed by atoms with Gasteiger partial charge in [0.15, 0.2) is 11.6 Å². The monoisotopic (exact) mass is 307 g/mol. The quantitative estimate of drug-likeness (QED) is 0.625. The SMILES string of the molecule is Cn1ccc(Nc2nc(-c3ccsc3)nc3ccccc23)n1. The Hall–Kier alpha value is -2.73. The van der Waals surface area contributed by atoms with E-state index in [0.717, 1.165) is 33.9 Å². The minimum absolute atomic E-state index is 0.721. The van der Waals surface area contributed by atoms with Gasteiger partial charge in [-0.25, -0.2) is 9.97 Å². The van der Waals surface area contributed by atoms with Gasteiger partial charge in [0.1, 0.15) is 5.82 Å². The number of fused-ring (bicyclic) bond motifs is 1. The molecule has 108 valence electrons. The molecule has 0 unspecified atom stereocenters. The molecule has 0 aliphatic heterocycles. The van der Waals surface area contributed by atoms with Crippen LogP contribution in [-0.2, 0) is 7.05 Å². The molecule has 0 spiro atoms. The lowest BCUT2D eigenvalue weighted by Crippen LogP contribution is -2.00. The third kappa shape index (κ3) is 2.33. The van der Waals surface area contributed by atoms with Gasteiger partial charge in [-0.15, -0.1) is 0 Å². The number of thiophene rings is 1. The summed E-state index contributed by atoms with van der Waals surface area (Å²) in [5.41, 5.74) is 1.94. The van der Waals surface area contributed by atoms with E-state index in [1.807, 2.05) is 55.0 Å². The highest BCUT2D eigenvalue weighted by Gasteiger charge is 2.10. The molecule has 0 aliphatic rings. The highest BCUT2D eigenvalue weighted by molar-refractivity contribution is 7.08. The molecule has 0 amide bonds. The summed E-state index contributed by atoms with van der Waals surface area (Å²) in [6, 6.07) is 11.9. The number of aryl methyl sites for hydroxylation is 1. The Labute approximate surface area is 131 Å². The fraction of sp³-hybridized carbons (Fsp3) is 0.0625. The Morgan fingerprint density at radius 1 is 1.09 bits per heavy atom. The van der Waals surface area contributed by atoms with Crippen molar-refractivity contribution in [3.05, 3.63) is 53.4 Å². The van der Waals surface area contributed by atoms with Crippen LogP contribution in [0.3, 0.4) is 0 Å². The molecule has 4 rings (SSSR count). The van der Waals surface area contributed by atoms with Gasteiger partial charge < -0.3 is 5.32 Å². The van der Waals surface area contributed by atoms with Crippen LogP contribution in [0.1, 0.15) is 0 Å². The first-order valence-electron chi connectivity index (χ1n) is 6.85. The molecule has 0 aliphatic carbocycles. The second-order valence-electron chi connectivity index (χ2n) is 4.92. The Morgan fingerprint density at radius 2 is 2.00 bits per heavy atom. The lowest BCUT2D eigenvalue weighted by atomic mass is 10.2. The number of para-hydroxylation sites is 1. The topological polar surface area (TPSA) is 55.6 Å². The van der Waals surface area contributed by atoms with Gasteiger partial charge in [-0.1, -0.05) is 12.1 Å². The van der Waals surface area contributed by atoms with Crippen molar-refractivity contribution in [1.82, 2.24) is 19.7 Å². The number of benzene rings is 1. The first-order chi connectivity index (χ1) is 10.8. The van der Waals surface area contributed by atoms with Crippen molar-refractivity contribution >= 4 is 33.9 Å². The van der Waals surface area contributed by atoms with Gasteiger partial charge in [0.05, 0.1) is 5.52 Å². The maximum Gasteiger partial charge on any atom is 0.163 e. The number of hydrogen-bond acceptors (Lipinski definition) is 5. The third-order valence-electron chi connectivity index (χ3n) is 3.34. The largest absolute Gasteiger partial charge is 0.323 e. The Morgan fingerprint density at radius 3 is 2.77 bits per heavy atom. The van der Waals surface area contributed by atoms with Crippen LogP contribution in [0.4, 0.5) is 11.6 Å². The van der Waals surface area contributed by atoms with E-state index in [4.69, 9.17) is 0 Å². The van der Waals surface area contributed by atoms with Crippen LogP contribution < -0.4 is 5.32 Å². The van der Waals surface area contributed by atoms with E-state index in [9.17, 15) is 0 Å². The molecule has 3 heterocycles. The van der Waals surface area contributed by atoms with Gasteiger partial charge in [0, 0.05) is 35.6 Å².